The smallest absolute Gasteiger partial charge is 0.0577 e. The third kappa shape index (κ3) is 3.77. The molecule has 0 heterocycles. The average Bonchev–Trinajstić information content (AvgIpc) is 3.09. The first-order valence-corrected chi connectivity index (χ1v) is 13.9. The maximum atomic E-state index is 10.3. The Bertz CT molecular complexity index is 678. The minimum absolute atomic E-state index is 0.0850. The molecular weight excluding hydrogens is 376 g/mol. The van der Waals surface area contributed by atoms with Gasteiger partial charge >= 0.3 is 0 Å². The van der Waals surface area contributed by atoms with Gasteiger partial charge in [-0.05, 0) is 115 Å². The van der Waals surface area contributed by atoms with E-state index in [2.05, 4.69) is 61.5 Å². The highest BCUT2D eigenvalue weighted by Crippen LogP contribution is 2.67. The first kappa shape index (κ1) is 23.8. The van der Waals surface area contributed by atoms with Crippen LogP contribution in [0.1, 0.15) is 107 Å². The number of aliphatic hydroxyl groups is 1. The van der Waals surface area contributed by atoms with E-state index in [4.69, 9.17) is 0 Å². The maximum absolute atomic E-state index is 10.3. The van der Waals surface area contributed by atoms with Crippen LogP contribution in [-0.2, 0) is 0 Å². The van der Waals surface area contributed by atoms with Crippen molar-refractivity contribution in [2.45, 2.75) is 113 Å². The number of allylic oxidation sites excluding steroid dienone is 1. The van der Waals surface area contributed by atoms with E-state index in [9.17, 15) is 5.11 Å². The molecule has 1 heteroatoms. The number of hydrogen-bond donors (Lipinski definition) is 1. The summed E-state index contributed by atoms with van der Waals surface area (Å²) in [6.45, 7) is 20.3. The third-order valence-corrected chi connectivity index (χ3v) is 12.3. The molecule has 0 aromatic heterocycles. The van der Waals surface area contributed by atoms with Gasteiger partial charge in [-0.15, -0.1) is 0 Å². The molecule has 4 rings (SSSR count). The van der Waals surface area contributed by atoms with E-state index >= 15 is 0 Å². The predicted molar refractivity (Wildman–Crippen MR) is 133 cm³/mol. The van der Waals surface area contributed by atoms with Crippen LogP contribution < -0.4 is 0 Å². The summed E-state index contributed by atoms with van der Waals surface area (Å²) in [5.41, 5.74) is 2.54. The average molecular weight is 429 g/mol. The summed E-state index contributed by atoms with van der Waals surface area (Å²) in [6.07, 6.45) is 12.8. The summed E-state index contributed by atoms with van der Waals surface area (Å²) in [5.74, 6) is 7.62. The molecule has 0 aliphatic heterocycles. The molecule has 0 aromatic carbocycles. The number of aliphatic hydroxyl groups excluding tert-OH is 1. The first-order valence-electron chi connectivity index (χ1n) is 13.9. The van der Waals surface area contributed by atoms with Crippen LogP contribution in [-0.4, -0.2) is 11.2 Å². The van der Waals surface area contributed by atoms with Crippen molar-refractivity contribution >= 4 is 0 Å². The summed E-state index contributed by atoms with van der Waals surface area (Å²) in [6, 6.07) is 0. The lowest BCUT2D eigenvalue weighted by Gasteiger charge is -2.58. The molecular formula is C30H52O. The van der Waals surface area contributed by atoms with Crippen LogP contribution in [0.15, 0.2) is 11.6 Å². The molecule has 4 aliphatic rings. The highest BCUT2D eigenvalue weighted by atomic mass is 16.3. The second-order valence-corrected chi connectivity index (χ2v) is 13.6. The van der Waals surface area contributed by atoms with Gasteiger partial charge in [0.1, 0.15) is 0 Å². The lowest BCUT2D eigenvalue weighted by molar-refractivity contribution is -0.0630. The molecule has 3 fully saturated rings. The zero-order valence-electron chi connectivity index (χ0n) is 22.0. The topological polar surface area (TPSA) is 20.2 Å². The van der Waals surface area contributed by atoms with Crippen LogP contribution in [0.25, 0.3) is 0 Å². The molecule has 31 heavy (non-hydrogen) atoms. The van der Waals surface area contributed by atoms with E-state index in [1.165, 1.54) is 38.5 Å². The van der Waals surface area contributed by atoms with Gasteiger partial charge in [0.15, 0.2) is 0 Å². The van der Waals surface area contributed by atoms with Crippen LogP contribution in [0.3, 0.4) is 0 Å². The van der Waals surface area contributed by atoms with Crippen molar-refractivity contribution in [2.75, 3.05) is 0 Å². The normalized spacial score (nSPS) is 46.4. The maximum Gasteiger partial charge on any atom is 0.0577 e. The molecule has 0 bridgehead atoms. The third-order valence-electron chi connectivity index (χ3n) is 12.3. The summed E-state index contributed by atoms with van der Waals surface area (Å²) in [7, 11) is 0. The fraction of sp³-hybridized carbons (Fsp3) is 0.933. The van der Waals surface area contributed by atoms with E-state index in [1.807, 2.05) is 0 Å². The van der Waals surface area contributed by atoms with Gasteiger partial charge in [-0.1, -0.05) is 67.0 Å². The highest BCUT2D eigenvalue weighted by molar-refractivity contribution is 5.25. The first-order chi connectivity index (χ1) is 14.5. The van der Waals surface area contributed by atoms with E-state index in [-0.39, 0.29) is 6.10 Å². The van der Waals surface area contributed by atoms with Crippen LogP contribution in [0, 0.1) is 64.1 Å². The lowest BCUT2D eigenvalue weighted by Crippen LogP contribution is -2.51. The Morgan fingerprint density at radius 3 is 2.23 bits per heavy atom. The minimum atomic E-state index is -0.0850. The number of fused-ring (bicyclic) bond motifs is 5. The molecule has 0 radical (unpaired) electrons. The Morgan fingerprint density at radius 1 is 0.839 bits per heavy atom. The second-order valence-electron chi connectivity index (χ2n) is 13.6. The van der Waals surface area contributed by atoms with Crippen molar-refractivity contribution in [2.24, 2.45) is 64.1 Å². The summed E-state index contributed by atoms with van der Waals surface area (Å²) >= 11 is 0. The van der Waals surface area contributed by atoms with Crippen LogP contribution >= 0.6 is 0 Å². The van der Waals surface area contributed by atoms with Crippen LogP contribution in [0.5, 0.6) is 0 Å². The van der Waals surface area contributed by atoms with E-state index in [0.717, 1.165) is 66.1 Å². The zero-order chi connectivity index (χ0) is 22.7. The fourth-order valence-electron chi connectivity index (χ4n) is 9.48. The number of hydrogen-bond acceptors (Lipinski definition) is 1. The highest BCUT2D eigenvalue weighted by Gasteiger charge is 2.59. The van der Waals surface area contributed by atoms with E-state index in [1.54, 1.807) is 5.57 Å². The van der Waals surface area contributed by atoms with Gasteiger partial charge in [0.05, 0.1) is 6.10 Å². The molecule has 11 atom stereocenters. The SMILES string of the molecule is CC(C)C(C)C(C)C(C)C(C)C1CCC2C3CC=C4CC(O)CCC4(C)C3CCC12C. The second kappa shape index (κ2) is 8.48. The fourth-order valence-corrected chi connectivity index (χ4v) is 9.48. The van der Waals surface area contributed by atoms with Gasteiger partial charge in [0, 0.05) is 0 Å². The van der Waals surface area contributed by atoms with Gasteiger partial charge in [0.25, 0.3) is 0 Å². The molecule has 11 unspecified atom stereocenters. The quantitative estimate of drug-likeness (QED) is 0.438. The molecule has 0 spiro atoms. The number of rotatable bonds is 5. The van der Waals surface area contributed by atoms with Gasteiger partial charge in [-0.2, -0.15) is 0 Å². The van der Waals surface area contributed by atoms with Gasteiger partial charge in [0.2, 0.25) is 0 Å². The van der Waals surface area contributed by atoms with Crippen molar-refractivity contribution in [1.82, 2.24) is 0 Å². The Balaban J connectivity index is 1.53. The van der Waals surface area contributed by atoms with Crippen molar-refractivity contribution in [1.29, 1.82) is 0 Å². The van der Waals surface area contributed by atoms with Crippen molar-refractivity contribution in [3.05, 3.63) is 11.6 Å². The van der Waals surface area contributed by atoms with E-state index in [0.29, 0.717) is 10.8 Å². The molecule has 0 amide bonds. The predicted octanol–water partition coefficient (Wildman–Crippen LogP) is 8.13. The van der Waals surface area contributed by atoms with Crippen LogP contribution in [0.2, 0.25) is 0 Å². The largest absolute Gasteiger partial charge is 0.393 e. The van der Waals surface area contributed by atoms with E-state index < -0.39 is 0 Å². The Labute approximate surface area is 193 Å². The van der Waals surface area contributed by atoms with Crippen molar-refractivity contribution in [3.8, 4) is 0 Å². The molecule has 178 valence electrons. The molecule has 3 saturated carbocycles. The lowest BCUT2D eigenvalue weighted by atomic mass is 9.46. The van der Waals surface area contributed by atoms with Crippen molar-refractivity contribution < 1.29 is 5.11 Å². The monoisotopic (exact) mass is 428 g/mol. The Kier molecular flexibility index (Phi) is 6.53. The summed E-state index contributed by atoms with van der Waals surface area (Å²) < 4.78 is 0. The van der Waals surface area contributed by atoms with Gasteiger partial charge in [-0.3, -0.25) is 0 Å². The Morgan fingerprint density at radius 2 is 1.55 bits per heavy atom. The minimum Gasteiger partial charge on any atom is -0.393 e. The molecule has 1 nitrogen and oxygen atoms in total. The van der Waals surface area contributed by atoms with Crippen molar-refractivity contribution in [3.63, 3.8) is 0 Å². The molecule has 1 N–H and O–H groups in total. The Hall–Kier alpha value is -0.300. The van der Waals surface area contributed by atoms with Gasteiger partial charge in [-0.25, -0.2) is 0 Å². The van der Waals surface area contributed by atoms with Gasteiger partial charge < -0.3 is 5.11 Å². The summed E-state index contributed by atoms with van der Waals surface area (Å²) in [4.78, 5) is 0. The molecule has 4 aliphatic carbocycles. The molecule has 0 aromatic rings. The zero-order valence-corrected chi connectivity index (χ0v) is 22.0. The van der Waals surface area contributed by atoms with Crippen LogP contribution in [0.4, 0.5) is 0 Å². The molecule has 0 saturated heterocycles. The summed E-state index contributed by atoms with van der Waals surface area (Å²) in [5, 5.41) is 10.3. The standard InChI is InChI=1S/C30H52O/c1-18(2)19(3)20(4)21(5)22(6)26-11-12-27-25-10-9-23-17-24(31)13-15-29(23,7)28(25)14-16-30(26,27)8/h9,18-22,24-28,31H,10-17H2,1-8H3.